The summed E-state index contributed by atoms with van der Waals surface area (Å²) in [7, 11) is 0. The van der Waals surface area contributed by atoms with E-state index in [0.29, 0.717) is 13.0 Å². The SMILES string of the molecule is CC(C(=O)N1CCC[C@H](C(=O)O)[C@@H]1C)c1ccc2ccccc2c1. The summed E-state index contributed by atoms with van der Waals surface area (Å²) in [4.78, 5) is 26.1. The molecule has 1 aliphatic rings. The molecule has 126 valence electrons. The summed E-state index contributed by atoms with van der Waals surface area (Å²) in [6, 6.07) is 13.9. The van der Waals surface area contributed by atoms with Gasteiger partial charge >= 0.3 is 5.97 Å². The third-order valence-electron chi connectivity index (χ3n) is 5.23. The smallest absolute Gasteiger partial charge is 0.308 e. The highest BCUT2D eigenvalue weighted by molar-refractivity contribution is 5.88. The zero-order valence-electron chi connectivity index (χ0n) is 14.1. The van der Waals surface area contributed by atoms with Crippen molar-refractivity contribution in [1.29, 1.82) is 0 Å². The van der Waals surface area contributed by atoms with Crippen molar-refractivity contribution in [3.05, 3.63) is 48.0 Å². The molecule has 0 saturated carbocycles. The van der Waals surface area contributed by atoms with E-state index in [9.17, 15) is 14.7 Å². The van der Waals surface area contributed by atoms with Gasteiger partial charge in [0.1, 0.15) is 0 Å². The summed E-state index contributed by atoms with van der Waals surface area (Å²) in [5, 5.41) is 11.6. The van der Waals surface area contributed by atoms with Gasteiger partial charge in [-0.1, -0.05) is 42.5 Å². The monoisotopic (exact) mass is 325 g/mol. The number of rotatable bonds is 3. The van der Waals surface area contributed by atoms with E-state index in [0.717, 1.165) is 22.8 Å². The van der Waals surface area contributed by atoms with Gasteiger partial charge in [-0.3, -0.25) is 9.59 Å². The number of aliphatic carboxylic acids is 1. The second kappa shape index (κ2) is 6.63. The van der Waals surface area contributed by atoms with E-state index in [1.165, 1.54) is 0 Å². The Hall–Kier alpha value is -2.36. The molecule has 1 heterocycles. The highest BCUT2D eigenvalue weighted by atomic mass is 16.4. The van der Waals surface area contributed by atoms with Gasteiger partial charge in [-0.15, -0.1) is 0 Å². The van der Waals surface area contributed by atoms with Gasteiger partial charge in [0, 0.05) is 12.6 Å². The molecule has 3 rings (SSSR count). The molecule has 0 spiro atoms. The van der Waals surface area contributed by atoms with E-state index in [1.54, 1.807) is 4.90 Å². The maximum atomic E-state index is 12.9. The van der Waals surface area contributed by atoms with Crippen LogP contribution >= 0.6 is 0 Å². The van der Waals surface area contributed by atoms with Gasteiger partial charge in [-0.2, -0.15) is 0 Å². The number of fused-ring (bicyclic) bond motifs is 1. The summed E-state index contributed by atoms with van der Waals surface area (Å²) < 4.78 is 0. The normalized spacial score (nSPS) is 22.3. The molecule has 0 aliphatic carbocycles. The van der Waals surface area contributed by atoms with Crippen molar-refractivity contribution in [2.24, 2.45) is 5.92 Å². The molecule has 0 bridgehead atoms. The first kappa shape index (κ1) is 16.5. The summed E-state index contributed by atoms with van der Waals surface area (Å²) in [6.07, 6.45) is 1.39. The largest absolute Gasteiger partial charge is 0.481 e. The molecule has 3 atom stereocenters. The van der Waals surface area contributed by atoms with Crippen molar-refractivity contribution in [3.63, 3.8) is 0 Å². The molecule has 0 radical (unpaired) electrons. The van der Waals surface area contributed by atoms with Crippen molar-refractivity contribution in [1.82, 2.24) is 4.90 Å². The summed E-state index contributed by atoms with van der Waals surface area (Å²) >= 11 is 0. The number of hydrogen-bond acceptors (Lipinski definition) is 2. The lowest BCUT2D eigenvalue weighted by Crippen LogP contribution is -2.50. The van der Waals surface area contributed by atoms with E-state index in [2.05, 4.69) is 12.1 Å². The lowest BCUT2D eigenvalue weighted by Gasteiger charge is -2.39. The Balaban J connectivity index is 1.83. The molecule has 1 aliphatic heterocycles. The number of benzene rings is 2. The molecule has 4 nitrogen and oxygen atoms in total. The number of likely N-dealkylation sites (tertiary alicyclic amines) is 1. The molecular formula is C20H23NO3. The topological polar surface area (TPSA) is 57.6 Å². The Bertz CT molecular complexity index is 770. The third-order valence-corrected chi connectivity index (χ3v) is 5.23. The van der Waals surface area contributed by atoms with E-state index in [-0.39, 0.29) is 17.9 Å². The second-order valence-electron chi connectivity index (χ2n) is 6.69. The van der Waals surface area contributed by atoms with Gasteiger partial charge in [0.15, 0.2) is 0 Å². The summed E-state index contributed by atoms with van der Waals surface area (Å²) in [5.74, 6) is -1.53. The van der Waals surface area contributed by atoms with Crippen LogP contribution in [0.15, 0.2) is 42.5 Å². The zero-order chi connectivity index (χ0) is 17.3. The van der Waals surface area contributed by atoms with Gasteiger partial charge in [0.2, 0.25) is 5.91 Å². The number of hydrogen-bond donors (Lipinski definition) is 1. The number of carbonyl (C=O) groups excluding carboxylic acids is 1. The number of carboxylic acids is 1. The summed E-state index contributed by atoms with van der Waals surface area (Å²) in [5.41, 5.74) is 0.975. The van der Waals surface area contributed by atoms with Crippen LogP contribution in [0, 0.1) is 5.92 Å². The van der Waals surface area contributed by atoms with E-state index in [1.807, 2.05) is 44.2 Å². The second-order valence-corrected chi connectivity index (χ2v) is 6.69. The predicted octanol–water partition coefficient (Wildman–Crippen LogP) is 3.66. The molecule has 24 heavy (non-hydrogen) atoms. The average Bonchev–Trinajstić information content (AvgIpc) is 2.60. The third kappa shape index (κ3) is 3.01. The van der Waals surface area contributed by atoms with Crippen LogP contribution in [-0.2, 0) is 9.59 Å². The maximum absolute atomic E-state index is 12.9. The van der Waals surface area contributed by atoms with Crippen molar-refractivity contribution in [2.45, 2.75) is 38.6 Å². The minimum absolute atomic E-state index is 0.0173. The Morgan fingerprint density at radius 2 is 1.88 bits per heavy atom. The highest BCUT2D eigenvalue weighted by Crippen LogP contribution is 2.29. The fourth-order valence-corrected chi connectivity index (χ4v) is 3.65. The minimum atomic E-state index is -0.807. The number of piperidine rings is 1. The van der Waals surface area contributed by atoms with Crippen LogP contribution in [0.4, 0.5) is 0 Å². The molecule has 2 aromatic rings. The van der Waals surface area contributed by atoms with Crippen LogP contribution < -0.4 is 0 Å². The van der Waals surface area contributed by atoms with Crippen LogP contribution in [0.2, 0.25) is 0 Å². The van der Waals surface area contributed by atoms with Gasteiger partial charge in [-0.25, -0.2) is 0 Å². The van der Waals surface area contributed by atoms with Crippen molar-refractivity contribution < 1.29 is 14.7 Å². The first-order valence-electron chi connectivity index (χ1n) is 8.51. The lowest BCUT2D eigenvalue weighted by atomic mass is 9.88. The predicted molar refractivity (Wildman–Crippen MR) is 93.9 cm³/mol. The van der Waals surface area contributed by atoms with Crippen LogP contribution in [0.1, 0.15) is 38.2 Å². The Labute approximate surface area is 142 Å². The maximum Gasteiger partial charge on any atom is 0.308 e. The molecule has 1 N–H and O–H groups in total. The van der Waals surface area contributed by atoms with E-state index >= 15 is 0 Å². The fourth-order valence-electron chi connectivity index (χ4n) is 3.65. The number of amides is 1. The molecule has 1 fully saturated rings. The van der Waals surface area contributed by atoms with Crippen molar-refractivity contribution >= 4 is 22.6 Å². The number of carboxylic acid groups (broad SMARTS) is 1. The quantitative estimate of drug-likeness (QED) is 0.937. The molecule has 1 amide bonds. The van der Waals surface area contributed by atoms with E-state index in [4.69, 9.17) is 0 Å². The highest BCUT2D eigenvalue weighted by Gasteiger charge is 2.36. The first-order chi connectivity index (χ1) is 11.5. The molecule has 1 saturated heterocycles. The van der Waals surface area contributed by atoms with Crippen LogP contribution in [-0.4, -0.2) is 34.5 Å². The van der Waals surface area contributed by atoms with Crippen molar-refractivity contribution in [2.75, 3.05) is 6.54 Å². The number of nitrogens with zero attached hydrogens (tertiary/aromatic N) is 1. The molecule has 0 aromatic heterocycles. The fraction of sp³-hybridized carbons (Fsp3) is 0.400. The van der Waals surface area contributed by atoms with Gasteiger partial charge in [0.25, 0.3) is 0 Å². The number of carbonyl (C=O) groups is 2. The molecule has 2 aromatic carbocycles. The molecular weight excluding hydrogens is 302 g/mol. The van der Waals surface area contributed by atoms with Gasteiger partial charge < -0.3 is 10.0 Å². The zero-order valence-corrected chi connectivity index (χ0v) is 14.1. The van der Waals surface area contributed by atoms with Crippen molar-refractivity contribution in [3.8, 4) is 0 Å². The average molecular weight is 325 g/mol. The van der Waals surface area contributed by atoms with Crippen LogP contribution in [0.5, 0.6) is 0 Å². The molecule has 4 heteroatoms. The summed E-state index contributed by atoms with van der Waals surface area (Å²) in [6.45, 7) is 4.40. The minimum Gasteiger partial charge on any atom is -0.481 e. The Morgan fingerprint density at radius 1 is 1.17 bits per heavy atom. The van der Waals surface area contributed by atoms with Gasteiger partial charge in [-0.05, 0) is 43.0 Å². The first-order valence-corrected chi connectivity index (χ1v) is 8.51. The van der Waals surface area contributed by atoms with Crippen LogP contribution in [0.25, 0.3) is 10.8 Å². The molecule has 1 unspecified atom stereocenters. The Kier molecular flexibility index (Phi) is 4.56. The lowest BCUT2D eigenvalue weighted by molar-refractivity contribution is -0.149. The van der Waals surface area contributed by atoms with Gasteiger partial charge in [0.05, 0.1) is 11.8 Å². The van der Waals surface area contributed by atoms with Crippen LogP contribution in [0.3, 0.4) is 0 Å². The Morgan fingerprint density at radius 3 is 2.58 bits per heavy atom. The standard InChI is InChI=1S/C20H23NO3/c1-13(16-10-9-15-6-3-4-7-17(15)12-16)19(22)21-11-5-8-18(14(21)2)20(23)24/h3-4,6-7,9-10,12-14,18H,5,8,11H2,1-2H3,(H,23,24)/t13?,14-,18-/m0/s1. The van der Waals surface area contributed by atoms with E-state index < -0.39 is 11.9 Å².